The summed E-state index contributed by atoms with van der Waals surface area (Å²) in [5, 5.41) is 0. The number of imidazole rings is 1. The Hall–Kier alpha value is -2.83. The van der Waals surface area contributed by atoms with Crippen molar-refractivity contribution in [1.82, 2.24) is 19.4 Å². The third-order valence-corrected chi connectivity index (χ3v) is 4.61. The topological polar surface area (TPSA) is 51.0 Å². The second-order valence-corrected chi connectivity index (χ2v) is 6.27. The lowest BCUT2D eigenvalue weighted by molar-refractivity contribution is 0.0789. The van der Waals surface area contributed by atoms with E-state index < -0.39 is 11.6 Å². The Balaban J connectivity index is 1.58. The van der Waals surface area contributed by atoms with Gasteiger partial charge in [0.1, 0.15) is 23.0 Å². The van der Waals surface area contributed by atoms with E-state index in [2.05, 4.69) is 9.97 Å². The molecule has 1 atom stereocenters. The first-order chi connectivity index (χ1) is 12.0. The molecule has 5 nitrogen and oxygen atoms in total. The maximum atomic E-state index is 13.4. The number of carbonyl (C=O) groups is 1. The summed E-state index contributed by atoms with van der Waals surface area (Å²) < 4.78 is 28.7. The molecule has 0 saturated carbocycles. The highest BCUT2D eigenvalue weighted by molar-refractivity contribution is 5.94. The summed E-state index contributed by atoms with van der Waals surface area (Å²) in [6, 6.07) is 6.63. The highest BCUT2D eigenvalue weighted by Crippen LogP contribution is 2.29. The Morgan fingerprint density at radius 3 is 2.72 bits per heavy atom. The molecule has 3 aromatic rings. The van der Waals surface area contributed by atoms with Crippen molar-refractivity contribution in [2.75, 3.05) is 13.1 Å². The number of hydrogen-bond acceptors (Lipinski definition) is 3. The van der Waals surface area contributed by atoms with Crippen molar-refractivity contribution < 1.29 is 13.6 Å². The van der Waals surface area contributed by atoms with Crippen LogP contribution in [-0.4, -0.2) is 38.4 Å². The predicted octanol–water partition coefficient (Wildman–Crippen LogP) is 2.88. The molecule has 4 rings (SSSR count). The van der Waals surface area contributed by atoms with Gasteiger partial charge in [0.15, 0.2) is 5.65 Å². The number of carbonyl (C=O) groups excluding carboxylic acids is 1. The van der Waals surface area contributed by atoms with Crippen molar-refractivity contribution in [3.8, 4) is 0 Å². The lowest BCUT2D eigenvalue weighted by Gasteiger charge is -2.16. The summed E-state index contributed by atoms with van der Waals surface area (Å²) in [7, 11) is 1.91. The first-order valence-corrected chi connectivity index (χ1v) is 8.05. The van der Waals surface area contributed by atoms with Crippen LogP contribution in [0.4, 0.5) is 8.78 Å². The number of fused-ring (bicyclic) bond motifs is 1. The van der Waals surface area contributed by atoms with Gasteiger partial charge in [-0.05, 0) is 30.7 Å². The Bertz CT molecular complexity index is 949. The summed E-state index contributed by atoms with van der Waals surface area (Å²) in [6.07, 6.45) is 2.47. The Kier molecular flexibility index (Phi) is 3.71. The van der Waals surface area contributed by atoms with Crippen LogP contribution in [0.2, 0.25) is 0 Å². The highest BCUT2D eigenvalue weighted by atomic mass is 19.1. The fourth-order valence-electron chi connectivity index (χ4n) is 3.42. The number of aromatic nitrogens is 3. The molecule has 1 saturated heterocycles. The number of benzene rings is 1. The molecule has 0 N–H and O–H groups in total. The van der Waals surface area contributed by atoms with Gasteiger partial charge in [-0.2, -0.15) is 0 Å². The molecular formula is C18H16F2N4O. The number of aryl methyl sites for hydroxylation is 1. The van der Waals surface area contributed by atoms with Crippen molar-refractivity contribution in [3.63, 3.8) is 0 Å². The van der Waals surface area contributed by atoms with Crippen LogP contribution in [-0.2, 0) is 7.05 Å². The minimum Gasteiger partial charge on any atom is -0.338 e. The van der Waals surface area contributed by atoms with Crippen LogP contribution in [0.15, 0.2) is 36.5 Å². The highest BCUT2D eigenvalue weighted by Gasteiger charge is 2.31. The van der Waals surface area contributed by atoms with E-state index in [1.807, 2.05) is 23.7 Å². The average molecular weight is 342 g/mol. The van der Waals surface area contributed by atoms with Crippen molar-refractivity contribution in [3.05, 3.63) is 59.6 Å². The molecule has 0 radical (unpaired) electrons. The van der Waals surface area contributed by atoms with E-state index in [1.54, 1.807) is 11.1 Å². The van der Waals surface area contributed by atoms with Crippen molar-refractivity contribution in [1.29, 1.82) is 0 Å². The van der Waals surface area contributed by atoms with Crippen molar-refractivity contribution in [2.24, 2.45) is 7.05 Å². The van der Waals surface area contributed by atoms with E-state index in [4.69, 9.17) is 0 Å². The van der Waals surface area contributed by atoms with Gasteiger partial charge in [-0.25, -0.2) is 18.7 Å². The monoisotopic (exact) mass is 342 g/mol. The van der Waals surface area contributed by atoms with Crippen LogP contribution in [0.25, 0.3) is 11.2 Å². The maximum absolute atomic E-state index is 13.4. The van der Waals surface area contributed by atoms with Crippen LogP contribution in [0.5, 0.6) is 0 Å². The molecule has 0 bridgehead atoms. The number of pyridine rings is 1. The molecule has 128 valence electrons. The SMILES string of the molecule is Cn1c([C@H]2CCN(C(=O)c3cc(F)cc(F)c3)C2)nc2cccnc21. The second kappa shape index (κ2) is 5.91. The standard InChI is InChI=1S/C18H16F2N4O/c1-23-16(22-15-3-2-5-21-17(15)23)11-4-6-24(10-11)18(25)12-7-13(19)9-14(20)8-12/h2-3,5,7-9,11H,4,6,10H2,1H3/t11-/m0/s1. The van der Waals surface area contributed by atoms with Gasteiger partial charge in [-0.1, -0.05) is 0 Å². The van der Waals surface area contributed by atoms with Crippen molar-refractivity contribution >= 4 is 17.1 Å². The number of nitrogens with zero attached hydrogens (tertiary/aromatic N) is 4. The van der Waals surface area contributed by atoms with Crippen LogP contribution < -0.4 is 0 Å². The van der Waals surface area contributed by atoms with Gasteiger partial charge >= 0.3 is 0 Å². The molecule has 0 aliphatic carbocycles. The summed E-state index contributed by atoms with van der Waals surface area (Å²) in [6.45, 7) is 0.992. The zero-order valence-corrected chi connectivity index (χ0v) is 13.6. The first-order valence-electron chi connectivity index (χ1n) is 8.05. The van der Waals surface area contributed by atoms with Crippen molar-refractivity contribution in [2.45, 2.75) is 12.3 Å². The van der Waals surface area contributed by atoms with Gasteiger partial charge < -0.3 is 9.47 Å². The Morgan fingerprint density at radius 1 is 1.24 bits per heavy atom. The molecule has 7 heteroatoms. The van der Waals surface area contributed by atoms with Gasteiger partial charge in [-0.3, -0.25) is 4.79 Å². The molecule has 1 aliphatic heterocycles. The number of rotatable bonds is 2. The van der Waals surface area contributed by atoms with Gasteiger partial charge in [0.25, 0.3) is 5.91 Å². The maximum Gasteiger partial charge on any atom is 0.254 e. The van der Waals surface area contributed by atoms with Gasteiger partial charge in [0.2, 0.25) is 0 Å². The third-order valence-electron chi connectivity index (χ3n) is 4.61. The average Bonchev–Trinajstić information content (AvgIpc) is 3.19. The van der Waals surface area contributed by atoms with Crippen LogP contribution in [0.3, 0.4) is 0 Å². The Morgan fingerprint density at radius 2 is 2.00 bits per heavy atom. The van der Waals surface area contributed by atoms with Crippen LogP contribution in [0.1, 0.15) is 28.5 Å². The summed E-state index contributed by atoms with van der Waals surface area (Å²) in [4.78, 5) is 23.1. The minimum absolute atomic E-state index is 0.0322. The number of amides is 1. The van der Waals surface area contributed by atoms with E-state index in [1.165, 1.54) is 0 Å². The normalized spacial score (nSPS) is 17.4. The number of halogens is 2. The zero-order valence-electron chi connectivity index (χ0n) is 13.6. The second-order valence-electron chi connectivity index (χ2n) is 6.27. The molecule has 1 aromatic carbocycles. The zero-order chi connectivity index (χ0) is 17.6. The van der Waals surface area contributed by atoms with E-state index in [0.29, 0.717) is 13.1 Å². The fraction of sp³-hybridized carbons (Fsp3) is 0.278. The lowest BCUT2D eigenvalue weighted by Crippen LogP contribution is -2.29. The fourth-order valence-corrected chi connectivity index (χ4v) is 3.42. The molecule has 1 amide bonds. The van der Waals surface area contributed by atoms with E-state index in [-0.39, 0.29) is 17.4 Å². The third kappa shape index (κ3) is 2.75. The van der Waals surface area contributed by atoms with E-state index >= 15 is 0 Å². The molecular weight excluding hydrogens is 326 g/mol. The van der Waals surface area contributed by atoms with Gasteiger partial charge in [-0.15, -0.1) is 0 Å². The molecule has 1 aliphatic rings. The van der Waals surface area contributed by atoms with Crippen LogP contribution in [0, 0.1) is 11.6 Å². The lowest BCUT2D eigenvalue weighted by atomic mass is 10.1. The quantitative estimate of drug-likeness (QED) is 0.720. The van der Waals surface area contributed by atoms with Gasteiger partial charge in [0, 0.05) is 43.9 Å². The van der Waals surface area contributed by atoms with E-state index in [9.17, 15) is 13.6 Å². The molecule has 3 heterocycles. The molecule has 0 unspecified atom stereocenters. The smallest absolute Gasteiger partial charge is 0.254 e. The molecule has 1 fully saturated rings. The number of likely N-dealkylation sites (tertiary alicyclic amines) is 1. The summed E-state index contributed by atoms with van der Waals surface area (Å²) >= 11 is 0. The largest absolute Gasteiger partial charge is 0.338 e. The number of hydrogen-bond donors (Lipinski definition) is 0. The minimum atomic E-state index is -0.750. The van der Waals surface area contributed by atoms with Crippen LogP contribution >= 0.6 is 0 Å². The first kappa shape index (κ1) is 15.7. The summed E-state index contributed by atoms with van der Waals surface area (Å²) in [5.41, 5.74) is 1.65. The van der Waals surface area contributed by atoms with Gasteiger partial charge in [0.05, 0.1) is 0 Å². The van der Waals surface area contributed by atoms with E-state index in [0.717, 1.165) is 41.6 Å². The predicted molar refractivity (Wildman–Crippen MR) is 88.1 cm³/mol. The molecule has 0 spiro atoms. The molecule has 25 heavy (non-hydrogen) atoms. The summed E-state index contributed by atoms with van der Waals surface area (Å²) in [5.74, 6) is -0.921. The molecule has 2 aromatic heterocycles. The Labute approximate surface area is 142 Å².